The Morgan fingerprint density at radius 1 is 0.889 bits per heavy atom. The number of nitrogens with zero attached hydrogens (tertiary/aromatic N) is 1. The second-order valence-electron chi connectivity index (χ2n) is 4.18. The summed E-state index contributed by atoms with van der Waals surface area (Å²) in [4.78, 5) is 36.8. The molecular formula is C7H19NO8P2. The molecule has 0 bridgehead atoms. The Hall–Kier alpha value is 0.180. The van der Waals surface area contributed by atoms with Crippen LogP contribution in [0.15, 0.2) is 0 Å². The molecule has 2 atom stereocenters. The van der Waals surface area contributed by atoms with Gasteiger partial charge in [0.05, 0.1) is 12.2 Å². The molecule has 0 aromatic heterocycles. The lowest BCUT2D eigenvalue weighted by atomic mass is 10.3. The topological polar surface area (TPSA) is 159 Å². The van der Waals surface area contributed by atoms with E-state index in [0.717, 1.165) is 0 Å². The minimum Gasteiger partial charge on any atom is -0.392 e. The molecule has 9 nitrogen and oxygen atoms in total. The molecule has 0 aromatic rings. The molecule has 11 heteroatoms. The van der Waals surface area contributed by atoms with Crippen molar-refractivity contribution in [2.24, 2.45) is 0 Å². The van der Waals surface area contributed by atoms with Crippen LogP contribution in [0, 0.1) is 0 Å². The highest BCUT2D eigenvalue weighted by Crippen LogP contribution is 2.61. The predicted molar refractivity (Wildman–Crippen MR) is 62.8 cm³/mol. The fourth-order valence-electron chi connectivity index (χ4n) is 1.56. The van der Waals surface area contributed by atoms with Gasteiger partial charge in [-0.3, -0.25) is 14.0 Å². The van der Waals surface area contributed by atoms with Crippen LogP contribution in [0.5, 0.6) is 0 Å². The largest absolute Gasteiger partial charge is 0.392 e. The van der Waals surface area contributed by atoms with E-state index in [-0.39, 0.29) is 13.1 Å². The SMILES string of the molecule is CC(O)CN(CC(C)O)C(P(=O)(O)O)P(=O)(O)O. The maximum Gasteiger partial charge on any atom is 0.354 e. The van der Waals surface area contributed by atoms with Crippen LogP contribution in [0.2, 0.25) is 0 Å². The van der Waals surface area contributed by atoms with Gasteiger partial charge in [0.15, 0.2) is 0 Å². The van der Waals surface area contributed by atoms with E-state index < -0.39 is 32.9 Å². The van der Waals surface area contributed by atoms with Gasteiger partial charge in [-0.1, -0.05) is 0 Å². The summed E-state index contributed by atoms with van der Waals surface area (Å²) in [6, 6.07) is 0. The second kappa shape index (κ2) is 6.56. The number of hydrogen-bond acceptors (Lipinski definition) is 5. The molecule has 0 aliphatic heterocycles. The number of hydrogen-bond donors (Lipinski definition) is 6. The number of rotatable bonds is 7. The Labute approximate surface area is 104 Å². The maximum absolute atomic E-state index is 11.2. The Morgan fingerprint density at radius 3 is 1.33 bits per heavy atom. The number of aliphatic hydroxyl groups is 2. The highest BCUT2D eigenvalue weighted by molar-refractivity contribution is 7.70. The van der Waals surface area contributed by atoms with Gasteiger partial charge in [0.25, 0.3) is 0 Å². The zero-order valence-electron chi connectivity index (χ0n) is 9.99. The van der Waals surface area contributed by atoms with Gasteiger partial charge in [-0.15, -0.1) is 0 Å². The van der Waals surface area contributed by atoms with Gasteiger partial charge < -0.3 is 29.8 Å². The van der Waals surface area contributed by atoms with Crippen LogP contribution in [0.3, 0.4) is 0 Å². The first kappa shape index (κ1) is 18.2. The highest BCUT2D eigenvalue weighted by atomic mass is 31.2. The third-order valence-corrected chi connectivity index (χ3v) is 5.59. The lowest BCUT2D eigenvalue weighted by Gasteiger charge is -2.33. The molecule has 2 unspecified atom stereocenters. The average Bonchev–Trinajstić information content (AvgIpc) is 1.93. The molecule has 6 N–H and O–H groups in total. The third kappa shape index (κ3) is 6.38. The lowest BCUT2D eigenvalue weighted by molar-refractivity contribution is 0.0792. The van der Waals surface area contributed by atoms with Crippen molar-refractivity contribution < 1.29 is 38.9 Å². The molecule has 0 saturated carbocycles. The Kier molecular flexibility index (Phi) is 6.63. The fourth-order valence-corrected chi connectivity index (χ4v) is 4.36. The van der Waals surface area contributed by atoms with Crippen LogP contribution in [-0.2, 0) is 9.13 Å². The molecule has 0 saturated heterocycles. The molecular weight excluding hydrogens is 288 g/mol. The minimum absolute atomic E-state index is 0.383. The molecule has 110 valence electrons. The molecule has 0 aromatic carbocycles. The summed E-state index contributed by atoms with van der Waals surface area (Å²) >= 11 is 0. The summed E-state index contributed by atoms with van der Waals surface area (Å²) in [5, 5.41) is 18.4. The van der Waals surface area contributed by atoms with Crippen molar-refractivity contribution in [3.63, 3.8) is 0 Å². The monoisotopic (exact) mass is 307 g/mol. The Morgan fingerprint density at radius 2 is 1.17 bits per heavy atom. The summed E-state index contributed by atoms with van der Waals surface area (Å²) in [6.45, 7) is 1.83. The van der Waals surface area contributed by atoms with Crippen molar-refractivity contribution in [2.75, 3.05) is 13.1 Å². The van der Waals surface area contributed by atoms with E-state index in [9.17, 15) is 19.3 Å². The third-order valence-electron chi connectivity index (χ3n) is 1.93. The van der Waals surface area contributed by atoms with E-state index >= 15 is 0 Å². The number of aliphatic hydroxyl groups excluding tert-OH is 2. The van der Waals surface area contributed by atoms with Gasteiger partial charge in [0.2, 0.25) is 5.52 Å². The lowest BCUT2D eigenvalue weighted by Crippen LogP contribution is -2.43. The van der Waals surface area contributed by atoms with Crippen LogP contribution in [0.4, 0.5) is 0 Å². The van der Waals surface area contributed by atoms with Crippen LogP contribution in [-0.4, -0.2) is 65.5 Å². The van der Waals surface area contributed by atoms with Gasteiger partial charge >= 0.3 is 15.2 Å². The molecule has 0 heterocycles. The van der Waals surface area contributed by atoms with E-state index in [1.54, 1.807) is 0 Å². The Balaban J connectivity index is 5.35. The summed E-state index contributed by atoms with van der Waals surface area (Å²) in [5.74, 6) is 0. The van der Waals surface area contributed by atoms with Crippen molar-refractivity contribution in [1.29, 1.82) is 0 Å². The van der Waals surface area contributed by atoms with Crippen molar-refractivity contribution >= 4 is 15.2 Å². The highest BCUT2D eigenvalue weighted by Gasteiger charge is 2.48. The van der Waals surface area contributed by atoms with Crippen LogP contribution >= 0.6 is 15.2 Å². The maximum atomic E-state index is 11.2. The summed E-state index contributed by atoms with van der Waals surface area (Å²) in [7, 11) is -10.3. The van der Waals surface area contributed by atoms with E-state index in [2.05, 4.69) is 0 Å². The normalized spacial score (nSPS) is 17.2. The van der Waals surface area contributed by atoms with Crippen molar-refractivity contribution in [1.82, 2.24) is 4.90 Å². The van der Waals surface area contributed by atoms with Gasteiger partial charge in [-0.25, -0.2) is 0 Å². The predicted octanol–water partition coefficient (Wildman–Crippen LogP) is -1.31. The minimum atomic E-state index is -5.13. The summed E-state index contributed by atoms with van der Waals surface area (Å²) < 4.78 is 22.4. The molecule has 0 fully saturated rings. The van der Waals surface area contributed by atoms with E-state index in [0.29, 0.717) is 4.90 Å². The van der Waals surface area contributed by atoms with Gasteiger partial charge in [-0.2, -0.15) is 0 Å². The standard InChI is InChI=1S/C7H19NO8P2/c1-5(9)3-8(4-6(2)10)7(17(11,12)13)18(14,15)16/h5-7,9-10H,3-4H2,1-2H3,(H2,11,12,13)(H2,14,15,16). The van der Waals surface area contributed by atoms with Crippen LogP contribution in [0.25, 0.3) is 0 Å². The van der Waals surface area contributed by atoms with E-state index in [1.807, 2.05) is 0 Å². The molecule has 18 heavy (non-hydrogen) atoms. The zero-order chi connectivity index (χ0) is 14.7. The average molecular weight is 307 g/mol. The van der Waals surface area contributed by atoms with Gasteiger partial charge in [0, 0.05) is 13.1 Å². The second-order valence-corrected chi connectivity index (χ2v) is 7.92. The molecule has 0 amide bonds. The smallest absolute Gasteiger partial charge is 0.354 e. The fraction of sp³-hybridized carbons (Fsp3) is 1.00. The first-order valence-electron chi connectivity index (χ1n) is 5.06. The first-order chi connectivity index (χ1) is 7.85. The van der Waals surface area contributed by atoms with E-state index in [4.69, 9.17) is 19.6 Å². The van der Waals surface area contributed by atoms with Gasteiger partial charge in [0.1, 0.15) is 0 Å². The Bertz CT molecular complexity index is 315. The molecule has 0 radical (unpaired) electrons. The molecule has 0 aliphatic carbocycles. The van der Waals surface area contributed by atoms with E-state index in [1.165, 1.54) is 13.8 Å². The van der Waals surface area contributed by atoms with Crippen molar-refractivity contribution in [3.05, 3.63) is 0 Å². The first-order valence-corrected chi connectivity index (χ1v) is 8.42. The molecule has 0 aliphatic rings. The summed E-state index contributed by atoms with van der Waals surface area (Å²) in [6.07, 6.45) is -2.13. The van der Waals surface area contributed by atoms with Gasteiger partial charge in [-0.05, 0) is 13.8 Å². The quantitative estimate of drug-likeness (QED) is 0.314. The van der Waals surface area contributed by atoms with Crippen LogP contribution in [0.1, 0.15) is 13.8 Å². The summed E-state index contributed by atoms with van der Waals surface area (Å²) in [5.41, 5.74) is -2.37. The van der Waals surface area contributed by atoms with Crippen molar-refractivity contribution in [2.45, 2.75) is 31.6 Å². The van der Waals surface area contributed by atoms with Crippen molar-refractivity contribution in [3.8, 4) is 0 Å². The zero-order valence-corrected chi connectivity index (χ0v) is 11.8. The molecule has 0 spiro atoms. The molecule has 0 rings (SSSR count). The van der Waals surface area contributed by atoms with Crippen LogP contribution < -0.4 is 0 Å².